The van der Waals surface area contributed by atoms with Gasteiger partial charge in [-0.3, -0.25) is 0 Å². The summed E-state index contributed by atoms with van der Waals surface area (Å²) in [5.74, 6) is 0. The Bertz CT molecular complexity index is 579. The van der Waals surface area contributed by atoms with Gasteiger partial charge in [0, 0.05) is 11.5 Å². The minimum atomic E-state index is 0. The van der Waals surface area contributed by atoms with Gasteiger partial charge in [-0.15, -0.1) is 12.4 Å². The number of hydrogen-bond donors (Lipinski definition) is 1. The maximum atomic E-state index is 6.03. The quantitative estimate of drug-likeness (QED) is 0.886. The Morgan fingerprint density at radius 2 is 1.71 bits per heavy atom. The van der Waals surface area contributed by atoms with Crippen LogP contribution in [0.3, 0.4) is 0 Å². The molecule has 1 aliphatic carbocycles. The largest absolute Gasteiger partial charge is 0.328 e. The Kier molecular flexibility index (Phi) is 5.08. The van der Waals surface area contributed by atoms with Crippen LogP contribution in [0.15, 0.2) is 54.6 Å². The molecule has 112 valence electrons. The zero-order valence-electron chi connectivity index (χ0n) is 12.6. The van der Waals surface area contributed by atoms with Gasteiger partial charge in [0.2, 0.25) is 0 Å². The summed E-state index contributed by atoms with van der Waals surface area (Å²) in [6.45, 7) is 2.11. The van der Waals surface area contributed by atoms with E-state index in [9.17, 15) is 0 Å². The van der Waals surface area contributed by atoms with Crippen molar-refractivity contribution >= 4 is 12.4 Å². The van der Waals surface area contributed by atoms with Gasteiger partial charge in [-0.2, -0.15) is 0 Å². The van der Waals surface area contributed by atoms with Gasteiger partial charge >= 0.3 is 0 Å². The third-order valence-corrected chi connectivity index (χ3v) is 4.71. The number of aryl methyl sites for hydroxylation is 1. The lowest BCUT2D eigenvalue weighted by molar-refractivity contribution is 0.432. The number of fused-ring (bicyclic) bond motifs is 1. The predicted octanol–water partition coefficient (Wildman–Crippen LogP) is 4.47. The van der Waals surface area contributed by atoms with E-state index in [1.54, 1.807) is 0 Å². The van der Waals surface area contributed by atoms with Gasteiger partial charge in [-0.25, -0.2) is 0 Å². The lowest BCUT2D eigenvalue weighted by Crippen LogP contribution is -2.28. The van der Waals surface area contributed by atoms with E-state index >= 15 is 0 Å². The van der Waals surface area contributed by atoms with Crippen molar-refractivity contribution in [3.63, 3.8) is 0 Å². The molecule has 21 heavy (non-hydrogen) atoms. The van der Waals surface area contributed by atoms with Crippen LogP contribution in [0, 0.1) is 0 Å². The van der Waals surface area contributed by atoms with Crippen LogP contribution < -0.4 is 5.73 Å². The van der Waals surface area contributed by atoms with Gasteiger partial charge in [0.05, 0.1) is 0 Å². The Hall–Kier alpha value is -1.31. The van der Waals surface area contributed by atoms with E-state index in [4.69, 9.17) is 5.73 Å². The zero-order valence-corrected chi connectivity index (χ0v) is 13.4. The molecule has 0 heterocycles. The molecule has 0 radical (unpaired) electrons. The molecule has 0 fully saturated rings. The summed E-state index contributed by atoms with van der Waals surface area (Å²) in [7, 11) is 0. The van der Waals surface area contributed by atoms with Crippen molar-refractivity contribution in [2.24, 2.45) is 5.73 Å². The Morgan fingerprint density at radius 1 is 1.05 bits per heavy atom. The lowest BCUT2D eigenvalue weighted by atomic mass is 9.72. The first-order valence-corrected chi connectivity index (χ1v) is 7.62. The molecular weight excluding hydrogens is 278 g/mol. The highest BCUT2D eigenvalue weighted by atomic mass is 35.5. The SMILES string of the molecule is CC(N)CCC1(c2ccccc2)CCc2ccccc21.Cl. The highest BCUT2D eigenvalue weighted by Crippen LogP contribution is 2.47. The predicted molar refractivity (Wildman–Crippen MR) is 92.1 cm³/mol. The lowest BCUT2D eigenvalue weighted by Gasteiger charge is -2.32. The molecule has 2 aromatic rings. The van der Waals surface area contributed by atoms with Crippen molar-refractivity contribution in [2.75, 3.05) is 0 Å². The Balaban J connectivity index is 0.00000161. The van der Waals surface area contributed by atoms with Gasteiger partial charge in [0.25, 0.3) is 0 Å². The molecule has 2 unspecified atom stereocenters. The van der Waals surface area contributed by atoms with Crippen molar-refractivity contribution in [1.29, 1.82) is 0 Å². The second-order valence-electron chi connectivity index (χ2n) is 6.12. The van der Waals surface area contributed by atoms with E-state index in [0.29, 0.717) is 0 Å². The van der Waals surface area contributed by atoms with Crippen LogP contribution in [0.4, 0.5) is 0 Å². The van der Waals surface area contributed by atoms with Crippen LogP contribution in [0.2, 0.25) is 0 Å². The van der Waals surface area contributed by atoms with E-state index < -0.39 is 0 Å². The number of halogens is 1. The van der Waals surface area contributed by atoms with Crippen LogP contribution in [0.25, 0.3) is 0 Å². The molecule has 2 atom stereocenters. The summed E-state index contributed by atoms with van der Waals surface area (Å²) in [5.41, 5.74) is 10.7. The summed E-state index contributed by atoms with van der Waals surface area (Å²) in [6.07, 6.45) is 4.61. The van der Waals surface area contributed by atoms with E-state index in [1.165, 1.54) is 29.5 Å². The smallest absolute Gasteiger partial charge is 0.0209 e. The fourth-order valence-electron chi connectivity index (χ4n) is 3.62. The molecule has 1 nitrogen and oxygen atoms in total. The summed E-state index contributed by atoms with van der Waals surface area (Å²) < 4.78 is 0. The zero-order chi connectivity index (χ0) is 14.0. The Labute approximate surface area is 134 Å². The standard InChI is InChI=1S/C19H23N.ClH/c1-15(20)11-13-19(17-8-3-2-4-9-17)14-12-16-7-5-6-10-18(16)19;/h2-10,15H,11-14,20H2,1H3;1H. The van der Waals surface area contributed by atoms with Gasteiger partial charge in [-0.1, -0.05) is 54.6 Å². The molecule has 0 amide bonds. The molecule has 0 saturated heterocycles. The molecule has 0 aliphatic heterocycles. The molecule has 0 aromatic heterocycles. The Morgan fingerprint density at radius 3 is 2.43 bits per heavy atom. The molecule has 0 saturated carbocycles. The topological polar surface area (TPSA) is 26.0 Å². The molecule has 3 rings (SSSR count). The molecular formula is C19H24ClN. The van der Waals surface area contributed by atoms with Gasteiger partial charge in [0.1, 0.15) is 0 Å². The molecule has 0 spiro atoms. The average molecular weight is 302 g/mol. The molecule has 2 N–H and O–H groups in total. The van der Waals surface area contributed by atoms with Crippen LogP contribution >= 0.6 is 12.4 Å². The van der Waals surface area contributed by atoms with Crippen LogP contribution in [-0.2, 0) is 11.8 Å². The fraction of sp³-hybridized carbons (Fsp3) is 0.368. The fourth-order valence-corrected chi connectivity index (χ4v) is 3.62. The number of nitrogens with two attached hydrogens (primary N) is 1. The third-order valence-electron chi connectivity index (χ3n) is 4.71. The van der Waals surface area contributed by atoms with Crippen LogP contribution in [0.5, 0.6) is 0 Å². The van der Waals surface area contributed by atoms with E-state index in [-0.39, 0.29) is 23.9 Å². The minimum absolute atomic E-state index is 0. The van der Waals surface area contributed by atoms with E-state index in [2.05, 4.69) is 61.5 Å². The second kappa shape index (κ2) is 6.64. The summed E-state index contributed by atoms with van der Waals surface area (Å²) >= 11 is 0. The maximum Gasteiger partial charge on any atom is 0.0209 e. The molecule has 0 bridgehead atoms. The average Bonchev–Trinajstić information content (AvgIpc) is 2.86. The van der Waals surface area contributed by atoms with Crippen molar-refractivity contribution in [3.05, 3.63) is 71.3 Å². The molecule has 2 aromatic carbocycles. The van der Waals surface area contributed by atoms with Crippen molar-refractivity contribution in [2.45, 2.75) is 44.1 Å². The first-order chi connectivity index (χ1) is 9.72. The minimum Gasteiger partial charge on any atom is -0.328 e. The number of benzene rings is 2. The molecule has 1 aliphatic rings. The van der Waals surface area contributed by atoms with Gasteiger partial charge < -0.3 is 5.73 Å². The monoisotopic (exact) mass is 301 g/mol. The first-order valence-electron chi connectivity index (χ1n) is 7.62. The van der Waals surface area contributed by atoms with Gasteiger partial charge in [-0.05, 0) is 49.3 Å². The molecule has 2 heteroatoms. The maximum absolute atomic E-state index is 6.03. The first kappa shape index (κ1) is 16.1. The summed E-state index contributed by atoms with van der Waals surface area (Å²) in [4.78, 5) is 0. The highest BCUT2D eigenvalue weighted by Gasteiger charge is 2.39. The van der Waals surface area contributed by atoms with Crippen molar-refractivity contribution in [3.8, 4) is 0 Å². The van der Waals surface area contributed by atoms with E-state index in [1.807, 2.05) is 0 Å². The second-order valence-corrected chi connectivity index (χ2v) is 6.12. The number of rotatable bonds is 4. The third kappa shape index (κ3) is 3.00. The van der Waals surface area contributed by atoms with Crippen LogP contribution in [0.1, 0.15) is 42.9 Å². The number of hydrogen-bond acceptors (Lipinski definition) is 1. The summed E-state index contributed by atoms with van der Waals surface area (Å²) in [6, 6.07) is 20.2. The van der Waals surface area contributed by atoms with Gasteiger partial charge in [0.15, 0.2) is 0 Å². The van der Waals surface area contributed by atoms with Crippen molar-refractivity contribution in [1.82, 2.24) is 0 Å². The summed E-state index contributed by atoms with van der Waals surface area (Å²) in [5, 5.41) is 0. The van der Waals surface area contributed by atoms with E-state index in [0.717, 1.165) is 12.8 Å². The normalized spacial score (nSPS) is 21.4. The highest BCUT2D eigenvalue weighted by molar-refractivity contribution is 5.85. The van der Waals surface area contributed by atoms with Crippen molar-refractivity contribution < 1.29 is 0 Å². The van der Waals surface area contributed by atoms with Crippen LogP contribution in [-0.4, -0.2) is 6.04 Å².